The van der Waals surface area contributed by atoms with Crippen LogP contribution in [0.2, 0.25) is 0 Å². The minimum atomic E-state index is 0.713. The van der Waals surface area contributed by atoms with E-state index in [4.69, 9.17) is 0 Å². The lowest BCUT2D eigenvalue weighted by molar-refractivity contribution is -0.105. The summed E-state index contributed by atoms with van der Waals surface area (Å²) in [6, 6.07) is 8.01. The fourth-order valence-electron chi connectivity index (χ4n) is 1.46. The van der Waals surface area contributed by atoms with E-state index in [0.717, 1.165) is 12.1 Å². The standard InChI is InChI=1S/C12H17NO/c1-2-3-4-6-11-7-5-8-12(9-11)13-10-14/h5,7-10H,2-4,6H2,1H3,(H,13,14). The maximum Gasteiger partial charge on any atom is 0.211 e. The predicted molar refractivity (Wildman–Crippen MR) is 59.4 cm³/mol. The van der Waals surface area contributed by atoms with Crippen LogP contribution < -0.4 is 5.32 Å². The number of amides is 1. The molecular formula is C12H17NO. The average Bonchev–Trinajstić information content (AvgIpc) is 2.19. The van der Waals surface area contributed by atoms with Gasteiger partial charge in [-0.3, -0.25) is 4.79 Å². The molecule has 0 fully saturated rings. The lowest BCUT2D eigenvalue weighted by atomic mass is 10.1. The lowest BCUT2D eigenvalue weighted by Gasteiger charge is -2.03. The van der Waals surface area contributed by atoms with Crippen LogP contribution in [0.15, 0.2) is 24.3 Å². The number of aryl methyl sites for hydroxylation is 1. The second-order valence-electron chi connectivity index (χ2n) is 3.42. The minimum Gasteiger partial charge on any atom is -0.329 e. The van der Waals surface area contributed by atoms with Crippen molar-refractivity contribution in [2.75, 3.05) is 5.32 Å². The van der Waals surface area contributed by atoms with Gasteiger partial charge in [0.05, 0.1) is 0 Å². The van der Waals surface area contributed by atoms with Gasteiger partial charge in [0.15, 0.2) is 0 Å². The van der Waals surface area contributed by atoms with Crippen molar-refractivity contribution in [1.82, 2.24) is 0 Å². The van der Waals surface area contributed by atoms with Crippen LogP contribution in [-0.2, 0) is 11.2 Å². The van der Waals surface area contributed by atoms with Gasteiger partial charge >= 0.3 is 0 Å². The van der Waals surface area contributed by atoms with Gasteiger partial charge in [0, 0.05) is 5.69 Å². The first-order valence-corrected chi connectivity index (χ1v) is 5.16. The van der Waals surface area contributed by atoms with Crippen molar-refractivity contribution in [3.8, 4) is 0 Å². The van der Waals surface area contributed by atoms with Gasteiger partial charge in [-0.05, 0) is 30.5 Å². The summed E-state index contributed by atoms with van der Waals surface area (Å²) in [6.45, 7) is 2.20. The van der Waals surface area contributed by atoms with Crippen LogP contribution in [-0.4, -0.2) is 6.41 Å². The first-order chi connectivity index (χ1) is 6.86. The van der Waals surface area contributed by atoms with E-state index >= 15 is 0 Å². The average molecular weight is 191 g/mol. The molecule has 0 aliphatic rings. The van der Waals surface area contributed by atoms with E-state index < -0.39 is 0 Å². The van der Waals surface area contributed by atoms with Crippen molar-refractivity contribution in [3.63, 3.8) is 0 Å². The second kappa shape index (κ2) is 6.19. The number of carbonyl (C=O) groups excluding carboxylic acids is 1. The third-order valence-electron chi connectivity index (χ3n) is 2.22. The largest absolute Gasteiger partial charge is 0.329 e. The summed E-state index contributed by atoms with van der Waals surface area (Å²) in [4.78, 5) is 10.2. The van der Waals surface area contributed by atoms with Gasteiger partial charge in [0.2, 0.25) is 6.41 Å². The van der Waals surface area contributed by atoms with Crippen LogP contribution in [0.5, 0.6) is 0 Å². The molecule has 0 unspecified atom stereocenters. The van der Waals surface area contributed by atoms with Crippen molar-refractivity contribution in [2.45, 2.75) is 32.6 Å². The lowest BCUT2D eigenvalue weighted by Crippen LogP contribution is -1.94. The Hall–Kier alpha value is -1.31. The predicted octanol–water partition coefficient (Wildman–Crippen LogP) is 2.99. The van der Waals surface area contributed by atoms with Crippen molar-refractivity contribution >= 4 is 12.1 Å². The second-order valence-corrected chi connectivity index (χ2v) is 3.42. The molecule has 0 aliphatic heterocycles. The van der Waals surface area contributed by atoms with Crippen LogP contribution in [0.3, 0.4) is 0 Å². The molecule has 1 N–H and O–H groups in total. The van der Waals surface area contributed by atoms with E-state index in [-0.39, 0.29) is 0 Å². The Morgan fingerprint density at radius 3 is 2.93 bits per heavy atom. The maximum absolute atomic E-state index is 10.2. The van der Waals surface area contributed by atoms with Gasteiger partial charge in [-0.1, -0.05) is 31.9 Å². The number of hydrogen-bond acceptors (Lipinski definition) is 1. The summed E-state index contributed by atoms with van der Waals surface area (Å²) >= 11 is 0. The summed E-state index contributed by atoms with van der Waals surface area (Å²) in [7, 11) is 0. The normalized spacial score (nSPS) is 9.79. The highest BCUT2D eigenvalue weighted by molar-refractivity contribution is 5.71. The molecule has 76 valence electrons. The highest BCUT2D eigenvalue weighted by Gasteiger charge is 1.94. The number of benzene rings is 1. The zero-order valence-corrected chi connectivity index (χ0v) is 8.62. The van der Waals surface area contributed by atoms with Gasteiger partial charge in [-0.25, -0.2) is 0 Å². The molecule has 1 rings (SSSR count). The van der Waals surface area contributed by atoms with E-state index in [2.05, 4.69) is 18.3 Å². The molecular weight excluding hydrogens is 174 g/mol. The number of hydrogen-bond donors (Lipinski definition) is 1. The van der Waals surface area contributed by atoms with Crippen molar-refractivity contribution in [1.29, 1.82) is 0 Å². The quantitative estimate of drug-likeness (QED) is 0.543. The van der Waals surface area contributed by atoms with Crippen LogP contribution in [0.4, 0.5) is 5.69 Å². The van der Waals surface area contributed by atoms with Crippen LogP contribution in [0, 0.1) is 0 Å². The molecule has 0 radical (unpaired) electrons. The monoisotopic (exact) mass is 191 g/mol. The van der Waals surface area contributed by atoms with Crippen molar-refractivity contribution < 1.29 is 4.79 Å². The smallest absolute Gasteiger partial charge is 0.211 e. The topological polar surface area (TPSA) is 29.1 Å². The van der Waals surface area contributed by atoms with Crippen LogP contribution in [0.25, 0.3) is 0 Å². The number of rotatable bonds is 6. The Morgan fingerprint density at radius 2 is 2.21 bits per heavy atom. The molecule has 1 aromatic carbocycles. The molecule has 1 amide bonds. The Morgan fingerprint density at radius 1 is 1.36 bits per heavy atom. The molecule has 1 aromatic rings. The van der Waals surface area contributed by atoms with Gasteiger partial charge in [-0.2, -0.15) is 0 Å². The van der Waals surface area contributed by atoms with E-state index in [1.807, 2.05) is 18.2 Å². The first kappa shape index (κ1) is 10.8. The molecule has 0 saturated heterocycles. The third-order valence-corrected chi connectivity index (χ3v) is 2.22. The Bertz CT molecular complexity index is 283. The minimum absolute atomic E-state index is 0.713. The number of unbranched alkanes of at least 4 members (excludes halogenated alkanes) is 2. The van der Waals surface area contributed by atoms with Gasteiger partial charge in [0.25, 0.3) is 0 Å². The SMILES string of the molecule is CCCCCc1cccc(NC=O)c1. The fraction of sp³-hybridized carbons (Fsp3) is 0.417. The van der Waals surface area contributed by atoms with E-state index in [9.17, 15) is 4.79 Å². The Kier molecular flexibility index (Phi) is 4.76. The first-order valence-electron chi connectivity index (χ1n) is 5.16. The summed E-state index contributed by atoms with van der Waals surface area (Å²) in [5, 5.41) is 2.66. The Balaban J connectivity index is 2.50. The molecule has 0 aromatic heterocycles. The van der Waals surface area contributed by atoms with Crippen LogP contribution >= 0.6 is 0 Å². The molecule has 0 saturated carbocycles. The zero-order valence-electron chi connectivity index (χ0n) is 8.62. The molecule has 0 spiro atoms. The maximum atomic E-state index is 10.2. The van der Waals surface area contributed by atoms with E-state index in [1.54, 1.807) is 0 Å². The molecule has 0 bridgehead atoms. The van der Waals surface area contributed by atoms with Crippen LogP contribution in [0.1, 0.15) is 31.7 Å². The molecule has 2 heteroatoms. The van der Waals surface area contributed by atoms with Gasteiger partial charge < -0.3 is 5.32 Å². The highest BCUT2D eigenvalue weighted by atomic mass is 16.1. The molecule has 2 nitrogen and oxygen atoms in total. The van der Waals surface area contributed by atoms with Gasteiger partial charge in [0.1, 0.15) is 0 Å². The molecule has 14 heavy (non-hydrogen) atoms. The Labute approximate surface area is 85.3 Å². The number of anilines is 1. The fourth-order valence-corrected chi connectivity index (χ4v) is 1.46. The summed E-state index contributed by atoms with van der Waals surface area (Å²) in [5.41, 5.74) is 2.18. The van der Waals surface area contributed by atoms with Gasteiger partial charge in [-0.15, -0.1) is 0 Å². The third kappa shape index (κ3) is 3.60. The molecule has 0 aliphatic carbocycles. The molecule has 0 atom stereocenters. The zero-order chi connectivity index (χ0) is 10.2. The highest BCUT2D eigenvalue weighted by Crippen LogP contribution is 2.12. The van der Waals surface area contributed by atoms with Crippen molar-refractivity contribution in [3.05, 3.63) is 29.8 Å². The summed E-state index contributed by atoms with van der Waals surface area (Å²) in [6.07, 6.45) is 5.55. The number of carbonyl (C=O) groups is 1. The molecule has 0 heterocycles. The summed E-state index contributed by atoms with van der Waals surface area (Å²) in [5.74, 6) is 0. The summed E-state index contributed by atoms with van der Waals surface area (Å²) < 4.78 is 0. The van der Waals surface area contributed by atoms with E-state index in [1.165, 1.54) is 24.8 Å². The van der Waals surface area contributed by atoms with Crippen molar-refractivity contribution in [2.24, 2.45) is 0 Å². The number of nitrogens with one attached hydrogen (secondary N) is 1. The van der Waals surface area contributed by atoms with E-state index in [0.29, 0.717) is 6.41 Å².